The van der Waals surface area contributed by atoms with Gasteiger partial charge in [-0.1, -0.05) is 24.3 Å². The highest BCUT2D eigenvalue weighted by molar-refractivity contribution is 5.80. The van der Waals surface area contributed by atoms with Crippen LogP contribution in [0.1, 0.15) is 24.5 Å². The van der Waals surface area contributed by atoms with Crippen LogP contribution in [-0.2, 0) is 13.0 Å². The molecule has 4 rings (SSSR count). The van der Waals surface area contributed by atoms with Crippen molar-refractivity contribution in [3.8, 4) is 0 Å². The Balaban J connectivity index is 1.23. The predicted octanol–water partition coefficient (Wildman–Crippen LogP) is 2.01. The van der Waals surface area contributed by atoms with Gasteiger partial charge in [0.1, 0.15) is 0 Å². The second kappa shape index (κ2) is 10.4. The van der Waals surface area contributed by atoms with Crippen molar-refractivity contribution < 1.29 is 0 Å². The van der Waals surface area contributed by atoms with Gasteiger partial charge in [0.05, 0.1) is 0 Å². The normalized spacial score (nSPS) is 17.7. The molecule has 1 saturated heterocycles. The van der Waals surface area contributed by atoms with Crippen LogP contribution in [0.25, 0.3) is 0 Å². The van der Waals surface area contributed by atoms with Gasteiger partial charge in [-0.15, -0.1) is 0 Å². The van der Waals surface area contributed by atoms with Crippen LogP contribution in [0.4, 0.5) is 5.95 Å². The van der Waals surface area contributed by atoms with E-state index in [2.05, 4.69) is 61.2 Å². The Labute approximate surface area is 179 Å². The lowest BCUT2D eigenvalue weighted by Crippen LogP contribution is -2.47. The number of benzene rings is 1. The summed E-state index contributed by atoms with van der Waals surface area (Å²) >= 11 is 0. The van der Waals surface area contributed by atoms with Crippen molar-refractivity contribution in [3.05, 3.63) is 53.9 Å². The first-order valence-corrected chi connectivity index (χ1v) is 11.2. The molecule has 160 valence electrons. The van der Waals surface area contributed by atoms with Crippen LogP contribution >= 0.6 is 0 Å². The fourth-order valence-corrected chi connectivity index (χ4v) is 4.21. The number of anilines is 1. The van der Waals surface area contributed by atoms with E-state index in [0.29, 0.717) is 0 Å². The molecule has 0 aliphatic carbocycles. The van der Waals surface area contributed by atoms with Crippen molar-refractivity contribution in [2.24, 2.45) is 4.99 Å². The van der Waals surface area contributed by atoms with Crippen LogP contribution in [0.3, 0.4) is 0 Å². The second-order valence-corrected chi connectivity index (χ2v) is 7.91. The summed E-state index contributed by atoms with van der Waals surface area (Å²) in [4.78, 5) is 20.9. The summed E-state index contributed by atoms with van der Waals surface area (Å²) in [6, 6.07) is 10.6. The number of nitrogens with zero attached hydrogens (tertiary/aromatic N) is 6. The van der Waals surface area contributed by atoms with Gasteiger partial charge in [0.25, 0.3) is 0 Å². The van der Waals surface area contributed by atoms with Gasteiger partial charge in [-0.05, 0) is 37.0 Å². The number of aromatic nitrogens is 2. The van der Waals surface area contributed by atoms with Gasteiger partial charge in [-0.3, -0.25) is 9.89 Å². The van der Waals surface area contributed by atoms with Gasteiger partial charge >= 0.3 is 0 Å². The maximum atomic E-state index is 4.93. The predicted molar refractivity (Wildman–Crippen MR) is 122 cm³/mol. The summed E-state index contributed by atoms with van der Waals surface area (Å²) in [6.07, 6.45) is 5.81. The zero-order valence-electron chi connectivity index (χ0n) is 18.0. The van der Waals surface area contributed by atoms with E-state index in [1.807, 2.05) is 18.5 Å². The number of aliphatic imine (C=N–C) groups is 1. The molecule has 2 aliphatic heterocycles. The molecule has 3 heterocycles. The first-order chi connectivity index (χ1) is 14.8. The third-order valence-electron chi connectivity index (χ3n) is 5.87. The molecule has 0 unspecified atom stereocenters. The number of hydrogen-bond acceptors (Lipinski definition) is 5. The Bertz CT molecular complexity index is 815. The monoisotopic (exact) mass is 407 g/mol. The van der Waals surface area contributed by atoms with Crippen LogP contribution in [0.5, 0.6) is 0 Å². The molecule has 1 aromatic carbocycles. The van der Waals surface area contributed by atoms with Gasteiger partial charge in [-0.25, -0.2) is 9.97 Å². The molecule has 30 heavy (non-hydrogen) atoms. The standard InChI is InChI=1S/C23H33N7/c1-2-24-22(30-14-9-20-7-3-4-8-21(20)19-30)27-12-6-13-28-15-17-29(18-16-28)23-25-10-5-11-26-23/h3-5,7-8,10-11H,2,6,9,12-19H2,1H3,(H,24,27). The molecule has 7 nitrogen and oxygen atoms in total. The zero-order valence-corrected chi connectivity index (χ0v) is 18.0. The maximum Gasteiger partial charge on any atom is 0.225 e. The number of rotatable bonds is 6. The second-order valence-electron chi connectivity index (χ2n) is 7.91. The van der Waals surface area contributed by atoms with Crippen LogP contribution in [0, 0.1) is 0 Å². The minimum absolute atomic E-state index is 0.847. The van der Waals surface area contributed by atoms with E-state index >= 15 is 0 Å². The van der Waals surface area contributed by atoms with Crippen molar-refractivity contribution in [2.75, 3.05) is 57.3 Å². The average molecular weight is 408 g/mol. The smallest absolute Gasteiger partial charge is 0.225 e. The van der Waals surface area contributed by atoms with Crippen molar-refractivity contribution >= 4 is 11.9 Å². The van der Waals surface area contributed by atoms with Gasteiger partial charge in [0.2, 0.25) is 5.95 Å². The van der Waals surface area contributed by atoms with Gasteiger partial charge < -0.3 is 15.1 Å². The van der Waals surface area contributed by atoms with E-state index in [1.165, 1.54) is 11.1 Å². The molecule has 0 bridgehead atoms. The van der Waals surface area contributed by atoms with Crippen LogP contribution in [0.15, 0.2) is 47.7 Å². The number of hydrogen-bond donors (Lipinski definition) is 1. The Morgan fingerprint density at radius 1 is 1.00 bits per heavy atom. The van der Waals surface area contributed by atoms with Gasteiger partial charge in [-0.2, -0.15) is 0 Å². The Morgan fingerprint density at radius 3 is 2.53 bits per heavy atom. The van der Waals surface area contributed by atoms with Gasteiger partial charge in [0, 0.05) is 71.3 Å². The molecule has 2 aromatic rings. The highest BCUT2D eigenvalue weighted by atomic mass is 15.3. The highest BCUT2D eigenvalue weighted by Gasteiger charge is 2.20. The molecular weight excluding hydrogens is 374 g/mol. The summed E-state index contributed by atoms with van der Waals surface area (Å²) in [5.74, 6) is 1.90. The van der Waals surface area contributed by atoms with Crippen LogP contribution in [0.2, 0.25) is 0 Å². The van der Waals surface area contributed by atoms with Crippen molar-refractivity contribution in [1.29, 1.82) is 0 Å². The van der Waals surface area contributed by atoms with E-state index in [-0.39, 0.29) is 0 Å². The van der Waals surface area contributed by atoms with E-state index in [0.717, 1.165) is 83.7 Å². The zero-order chi connectivity index (χ0) is 20.6. The lowest BCUT2D eigenvalue weighted by Gasteiger charge is -2.34. The molecular formula is C23H33N7. The number of piperazine rings is 1. The lowest BCUT2D eigenvalue weighted by atomic mass is 10.0. The number of fused-ring (bicyclic) bond motifs is 1. The molecule has 0 atom stereocenters. The molecule has 2 aliphatic rings. The van der Waals surface area contributed by atoms with Crippen molar-refractivity contribution in [1.82, 2.24) is 25.1 Å². The first kappa shape index (κ1) is 20.6. The molecule has 1 aromatic heterocycles. The van der Waals surface area contributed by atoms with Crippen molar-refractivity contribution in [3.63, 3.8) is 0 Å². The fourth-order valence-electron chi connectivity index (χ4n) is 4.21. The third kappa shape index (κ3) is 5.27. The highest BCUT2D eigenvalue weighted by Crippen LogP contribution is 2.18. The molecule has 0 saturated carbocycles. The van der Waals surface area contributed by atoms with E-state index in [4.69, 9.17) is 4.99 Å². The minimum Gasteiger partial charge on any atom is -0.357 e. The largest absolute Gasteiger partial charge is 0.357 e. The average Bonchev–Trinajstić information content (AvgIpc) is 2.82. The minimum atomic E-state index is 0.847. The molecule has 7 heteroatoms. The first-order valence-electron chi connectivity index (χ1n) is 11.2. The van der Waals surface area contributed by atoms with Gasteiger partial charge in [0.15, 0.2) is 5.96 Å². The Morgan fingerprint density at radius 2 is 1.77 bits per heavy atom. The topological polar surface area (TPSA) is 59.9 Å². The number of nitrogens with one attached hydrogen (secondary N) is 1. The van der Waals surface area contributed by atoms with E-state index in [1.54, 1.807) is 0 Å². The Hall–Kier alpha value is -2.67. The summed E-state index contributed by atoms with van der Waals surface area (Å²) in [7, 11) is 0. The lowest BCUT2D eigenvalue weighted by molar-refractivity contribution is 0.255. The van der Waals surface area contributed by atoms with Crippen LogP contribution < -0.4 is 10.2 Å². The molecule has 1 fully saturated rings. The molecule has 0 spiro atoms. The molecule has 0 amide bonds. The summed E-state index contributed by atoms with van der Waals surface area (Å²) in [5.41, 5.74) is 2.90. The number of guanidine groups is 1. The summed E-state index contributed by atoms with van der Waals surface area (Å²) in [5, 5.41) is 3.49. The van der Waals surface area contributed by atoms with Crippen molar-refractivity contribution in [2.45, 2.75) is 26.3 Å². The molecule has 0 radical (unpaired) electrons. The van der Waals surface area contributed by atoms with Crippen LogP contribution in [-0.4, -0.2) is 78.1 Å². The third-order valence-corrected chi connectivity index (χ3v) is 5.87. The van der Waals surface area contributed by atoms with E-state index < -0.39 is 0 Å². The summed E-state index contributed by atoms with van der Waals surface area (Å²) < 4.78 is 0. The molecule has 1 N–H and O–H groups in total. The van der Waals surface area contributed by atoms with E-state index in [9.17, 15) is 0 Å². The summed E-state index contributed by atoms with van der Waals surface area (Å²) in [6.45, 7) is 11.1. The fraction of sp³-hybridized carbons (Fsp3) is 0.522. The SMILES string of the molecule is CCNC(=NCCCN1CCN(c2ncccn2)CC1)N1CCc2ccccc2C1. The maximum absolute atomic E-state index is 4.93. The quantitative estimate of drug-likeness (QED) is 0.449. The Kier molecular flexibility index (Phi) is 7.13.